The normalized spacial score (nSPS) is 11.8. The molecule has 1 nitrogen and oxygen atoms in total. The second-order valence-corrected chi connectivity index (χ2v) is 3.34. The van der Waals surface area contributed by atoms with Gasteiger partial charge in [-0.2, -0.15) is 13.2 Å². The summed E-state index contributed by atoms with van der Waals surface area (Å²) >= 11 is 10.9. The number of nitrogen functional groups attached to an aromatic ring is 1. The number of hydrogen-bond donors (Lipinski definition) is 1. The second-order valence-electron chi connectivity index (χ2n) is 2.66. The third-order valence-corrected chi connectivity index (χ3v) is 2.29. The first-order chi connectivity index (χ1) is 6.36. The molecular formula is C8H6Cl2F3N. The number of hydrogen-bond acceptors (Lipinski definition) is 1. The minimum Gasteiger partial charge on any atom is -0.398 e. The van der Waals surface area contributed by atoms with E-state index >= 15 is 0 Å². The first-order valence-corrected chi connectivity index (χ1v) is 4.48. The van der Waals surface area contributed by atoms with Crippen LogP contribution in [0.15, 0.2) is 12.1 Å². The molecule has 0 aliphatic heterocycles. The first kappa shape index (κ1) is 11.5. The van der Waals surface area contributed by atoms with Crippen molar-refractivity contribution in [1.29, 1.82) is 0 Å². The fourth-order valence-corrected chi connectivity index (χ4v) is 1.41. The molecule has 0 saturated carbocycles. The van der Waals surface area contributed by atoms with Crippen LogP contribution in [0.25, 0.3) is 0 Å². The van der Waals surface area contributed by atoms with Gasteiger partial charge in [0.25, 0.3) is 0 Å². The van der Waals surface area contributed by atoms with Crippen molar-refractivity contribution in [3.8, 4) is 0 Å². The molecular weight excluding hydrogens is 238 g/mol. The molecule has 1 aromatic carbocycles. The van der Waals surface area contributed by atoms with Gasteiger partial charge in [-0.05, 0) is 17.7 Å². The van der Waals surface area contributed by atoms with Crippen molar-refractivity contribution in [3.05, 3.63) is 28.3 Å². The summed E-state index contributed by atoms with van der Waals surface area (Å²) < 4.78 is 37.2. The highest BCUT2D eigenvalue weighted by Crippen LogP contribution is 2.36. The zero-order chi connectivity index (χ0) is 10.9. The average molecular weight is 244 g/mol. The number of alkyl halides is 4. The van der Waals surface area contributed by atoms with Gasteiger partial charge in [-0.1, -0.05) is 11.6 Å². The Labute approximate surface area is 88.6 Å². The van der Waals surface area contributed by atoms with Gasteiger partial charge in [0.2, 0.25) is 0 Å². The van der Waals surface area contributed by atoms with Gasteiger partial charge in [-0.25, -0.2) is 0 Å². The lowest BCUT2D eigenvalue weighted by molar-refractivity contribution is -0.138. The molecule has 1 rings (SSSR count). The SMILES string of the molecule is Nc1cc(C(F)(F)F)c(CCl)cc1Cl. The van der Waals surface area contributed by atoms with Gasteiger partial charge >= 0.3 is 6.18 Å². The predicted octanol–water partition coefficient (Wildman–Crippen LogP) is 3.68. The summed E-state index contributed by atoms with van der Waals surface area (Å²) in [6.45, 7) is 0. The molecule has 0 aliphatic rings. The molecule has 0 aromatic heterocycles. The van der Waals surface area contributed by atoms with Gasteiger partial charge in [0.1, 0.15) is 0 Å². The van der Waals surface area contributed by atoms with Crippen LogP contribution in [-0.4, -0.2) is 0 Å². The van der Waals surface area contributed by atoms with Crippen LogP contribution in [0.4, 0.5) is 18.9 Å². The van der Waals surface area contributed by atoms with Crippen molar-refractivity contribution in [2.45, 2.75) is 12.1 Å². The average Bonchev–Trinajstić information content (AvgIpc) is 2.07. The van der Waals surface area contributed by atoms with Gasteiger partial charge in [-0.3, -0.25) is 0 Å². The fraction of sp³-hybridized carbons (Fsp3) is 0.250. The van der Waals surface area contributed by atoms with Crippen LogP contribution in [0.3, 0.4) is 0 Å². The van der Waals surface area contributed by atoms with E-state index < -0.39 is 11.7 Å². The molecule has 0 aliphatic carbocycles. The molecule has 0 amide bonds. The minimum absolute atomic E-state index is 0.0710. The van der Waals surface area contributed by atoms with E-state index in [0.717, 1.165) is 12.1 Å². The summed E-state index contributed by atoms with van der Waals surface area (Å²) in [5, 5.41) is 0.0775. The lowest BCUT2D eigenvalue weighted by atomic mass is 10.1. The Bertz CT molecular complexity index is 349. The van der Waals surface area contributed by atoms with Crippen LogP contribution in [0.2, 0.25) is 5.02 Å². The van der Waals surface area contributed by atoms with Crippen LogP contribution in [0, 0.1) is 0 Å². The van der Waals surface area contributed by atoms with Crippen molar-refractivity contribution in [1.82, 2.24) is 0 Å². The third kappa shape index (κ3) is 2.25. The van der Waals surface area contributed by atoms with Gasteiger partial charge in [0.05, 0.1) is 16.3 Å². The summed E-state index contributed by atoms with van der Waals surface area (Å²) in [5.74, 6) is -0.255. The highest BCUT2D eigenvalue weighted by atomic mass is 35.5. The van der Waals surface area contributed by atoms with E-state index in [2.05, 4.69) is 0 Å². The topological polar surface area (TPSA) is 26.0 Å². The summed E-state index contributed by atoms with van der Waals surface area (Å²) in [7, 11) is 0. The highest BCUT2D eigenvalue weighted by Gasteiger charge is 2.33. The molecule has 0 spiro atoms. The number of nitrogens with two attached hydrogens (primary N) is 1. The Morgan fingerprint density at radius 3 is 2.29 bits per heavy atom. The van der Waals surface area contributed by atoms with E-state index in [9.17, 15) is 13.2 Å². The van der Waals surface area contributed by atoms with Crippen molar-refractivity contribution in [2.75, 3.05) is 5.73 Å². The number of benzene rings is 1. The Hall–Kier alpha value is -0.610. The summed E-state index contributed by atoms with van der Waals surface area (Å²) in [6.07, 6.45) is -4.46. The lowest BCUT2D eigenvalue weighted by Crippen LogP contribution is -2.09. The Morgan fingerprint density at radius 2 is 1.86 bits per heavy atom. The lowest BCUT2D eigenvalue weighted by Gasteiger charge is -2.12. The monoisotopic (exact) mass is 243 g/mol. The number of anilines is 1. The Balaban J connectivity index is 3.35. The maximum absolute atomic E-state index is 12.4. The van der Waals surface area contributed by atoms with Gasteiger partial charge in [0.15, 0.2) is 0 Å². The Morgan fingerprint density at radius 1 is 1.29 bits per heavy atom. The van der Waals surface area contributed by atoms with Crippen LogP contribution in [0.1, 0.15) is 11.1 Å². The van der Waals surface area contributed by atoms with Crippen LogP contribution < -0.4 is 5.73 Å². The van der Waals surface area contributed by atoms with E-state index in [0.29, 0.717) is 0 Å². The van der Waals surface area contributed by atoms with Gasteiger partial charge in [0, 0.05) is 5.88 Å². The number of halogens is 5. The van der Waals surface area contributed by atoms with E-state index in [1.165, 1.54) is 0 Å². The van der Waals surface area contributed by atoms with Crippen LogP contribution in [-0.2, 0) is 12.1 Å². The molecule has 0 fully saturated rings. The first-order valence-electron chi connectivity index (χ1n) is 3.57. The molecule has 2 N–H and O–H groups in total. The van der Waals surface area contributed by atoms with Gasteiger partial charge < -0.3 is 5.73 Å². The maximum atomic E-state index is 12.4. The largest absolute Gasteiger partial charge is 0.416 e. The summed E-state index contributed by atoms with van der Waals surface area (Å²) in [6, 6.07) is 1.92. The molecule has 0 heterocycles. The Kier molecular flexibility index (Phi) is 3.17. The summed E-state index contributed by atoms with van der Waals surface area (Å²) in [4.78, 5) is 0. The molecule has 0 saturated heterocycles. The molecule has 1 aromatic rings. The predicted molar refractivity (Wildman–Crippen MR) is 50.4 cm³/mol. The van der Waals surface area contributed by atoms with E-state index in [1.54, 1.807) is 0 Å². The molecule has 0 bridgehead atoms. The van der Waals surface area contributed by atoms with Crippen molar-refractivity contribution >= 4 is 28.9 Å². The van der Waals surface area contributed by atoms with E-state index in [4.69, 9.17) is 28.9 Å². The van der Waals surface area contributed by atoms with Crippen molar-refractivity contribution < 1.29 is 13.2 Å². The van der Waals surface area contributed by atoms with Crippen LogP contribution >= 0.6 is 23.2 Å². The smallest absolute Gasteiger partial charge is 0.398 e. The van der Waals surface area contributed by atoms with Crippen LogP contribution in [0.5, 0.6) is 0 Å². The quantitative estimate of drug-likeness (QED) is 0.591. The van der Waals surface area contributed by atoms with E-state index in [-0.39, 0.29) is 22.2 Å². The molecule has 14 heavy (non-hydrogen) atoms. The maximum Gasteiger partial charge on any atom is 0.416 e. The molecule has 78 valence electrons. The van der Waals surface area contributed by atoms with Gasteiger partial charge in [-0.15, -0.1) is 11.6 Å². The zero-order valence-electron chi connectivity index (χ0n) is 6.83. The molecule has 0 atom stereocenters. The molecule has 0 unspecified atom stereocenters. The van der Waals surface area contributed by atoms with Crippen molar-refractivity contribution in [2.24, 2.45) is 0 Å². The number of rotatable bonds is 1. The van der Waals surface area contributed by atoms with E-state index in [1.807, 2.05) is 0 Å². The minimum atomic E-state index is -4.46. The summed E-state index contributed by atoms with van der Waals surface area (Å²) in [5.41, 5.74) is 4.25. The standard InChI is InChI=1S/C8H6Cl2F3N/c9-3-4-1-6(10)7(14)2-5(4)8(11,12)13/h1-2H,3,14H2. The molecule has 6 heteroatoms. The fourth-order valence-electron chi connectivity index (χ4n) is 1.01. The third-order valence-electron chi connectivity index (χ3n) is 1.67. The molecule has 0 radical (unpaired) electrons. The second kappa shape index (κ2) is 3.87. The highest BCUT2D eigenvalue weighted by molar-refractivity contribution is 6.33. The zero-order valence-corrected chi connectivity index (χ0v) is 8.34. The van der Waals surface area contributed by atoms with Crippen molar-refractivity contribution in [3.63, 3.8) is 0 Å².